The number of fused-ring (bicyclic) bond motifs is 2. The normalized spacial score (nSPS) is 16.5. The first-order valence-electron chi connectivity index (χ1n) is 11.3. The van der Waals surface area contributed by atoms with Crippen LogP contribution in [0, 0.1) is 0 Å². The van der Waals surface area contributed by atoms with Gasteiger partial charge < -0.3 is 4.74 Å². The number of aromatic nitrogens is 2. The van der Waals surface area contributed by atoms with Crippen LogP contribution in [0.25, 0.3) is 0 Å². The van der Waals surface area contributed by atoms with Gasteiger partial charge in [-0.2, -0.15) is 9.40 Å². The third-order valence-corrected chi connectivity index (χ3v) is 8.44. The molecule has 6 nitrogen and oxygen atoms in total. The van der Waals surface area contributed by atoms with Crippen LogP contribution in [0.2, 0.25) is 0 Å². The Morgan fingerprint density at radius 3 is 2.56 bits per heavy atom. The Morgan fingerprint density at radius 1 is 0.969 bits per heavy atom. The van der Waals surface area contributed by atoms with Crippen molar-refractivity contribution in [3.8, 4) is 0 Å². The third-order valence-electron chi connectivity index (χ3n) is 6.60. The first kappa shape index (κ1) is 21.4. The lowest BCUT2D eigenvalue weighted by Crippen LogP contribution is -2.36. The fourth-order valence-electron chi connectivity index (χ4n) is 4.83. The summed E-state index contributed by atoms with van der Waals surface area (Å²) in [6.45, 7) is 1.68. The standard InChI is InChI=1S/C25H29N3O3S/c1-27-25-13-14-28(32(29,30)22-12-11-20-9-5-6-10-21(20)15-22)16-23(25)24(26-27)18-31-17-19-7-3-2-4-8-19/h2-4,7-8,11-12,15H,5-6,9-10,13-14,16-18H2,1H3. The molecule has 0 N–H and O–H groups in total. The quantitative estimate of drug-likeness (QED) is 0.572. The second-order valence-electron chi connectivity index (χ2n) is 8.70. The van der Waals surface area contributed by atoms with Crippen molar-refractivity contribution in [2.45, 2.75) is 56.8 Å². The van der Waals surface area contributed by atoms with E-state index in [1.807, 2.05) is 54.2 Å². The van der Waals surface area contributed by atoms with Crippen molar-refractivity contribution in [2.75, 3.05) is 6.54 Å². The van der Waals surface area contributed by atoms with E-state index in [0.717, 1.165) is 41.8 Å². The van der Waals surface area contributed by atoms with E-state index in [-0.39, 0.29) is 0 Å². The molecule has 0 saturated carbocycles. The molecule has 32 heavy (non-hydrogen) atoms. The van der Waals surface area contributed by atoms with Crippen LogP contribution in [0.3, 0.4) is 0 Å². The molecule has 0 fully saturated rings. The van der Waals surface area contributed by atoms with Gasteiger partial charge in [0.1, 0.15) is 0 Å². The molecule has 1 aliphatic carbocycles. The first-order valence-corrected chi connectivity index (χ1v) is 12.7. The largest absolute Gasteiger partial charge is 0.370 e. The summed E-state index contributed by atoms with van der Waals surface area (Å²) in [4.78, 5) is 0.410. The van der Waals surface area contributed by atoms with Gasteiger partial charge in [-0.15, -0.1) is 0 Å². The van der Waals surface area contributed by atoms with Crippen molar-refractivity contribution in [3.05, 3.63) is 82.2 Å². The second kappa shape index (κ2) is 8.81. The second-order valence-corrected chi connectivity index (χ2v) is 10.6. The van der Waals surface area contributed by atoms with Gasteiger partial charge in [-0.1, -0.05) is 36.4 Å². The Morgan fingerprint density at radius 2 is 1.75 bits per heavy atom. The van der Waals surface area contributed by atoms with Gasteiger partial charge in [-0.3, -0.25) is 4.68 Å². The summed E-state index contributed by atoms with van der Waals surface area (Å²) in [6.07, 6.45) is 4.98. The maximum atomic E-state index is 13.5. The molecule has 2 heterocycles. The number of hydrogen-bond acceptors (Lipinski definition) is 4. The summed E-state index contributed by atoms with van der Waals surface area (Å²) in [5, 5.41) is 4.64. The van der Waals surface area contributed by atoms with E-state index in [1.165, 1.54) is 17.5 Å². The van der Waals surface area contributed by atoms with Crippen molar-refractivity contribution >= 4 is 10.0 Å². The van der Waals surface area contributed by atoms with Crippen LogP contribution >= 0.6 is 0 Å². The van der Waals surface area contributed by atoms with Crippen molar-refractivity contribution in [2.24, 2.45) is 7.05 Å². The molecule has 7 heteroatoms. The monoisotopic (exact) mass is 451 g/mol. The molecular weight excluding hydrogens is 422 g/mol. The summed E-state index contributed by atoms with van der Waals surface area (Å²) in [7, 11) is -1.63. The lowest BCUT2D eigenvalue weighted by molar-refractivity contribution is 0.103. The number of sulfonamides is 1. The summed E-state index contributed by atoms with van der Waals surface area (Å²) in [5.74, 6) is 0. The van der Waals surface area contributed by atoms with Crippen molar-refractivity contribution in [1.29, 1.82) is 0 Å². The van der Waals surface area contributed by atoms with E-state index in [0.29, 0.717) is 37.6 Å². The summed E-state index contributed by atoms with van der Waals surface area (Å²) >= 11 is 0. The van der Waals surface area contributed by atoms with Crippen LogP contribution < -0.4 is 0 Å². The predicted molar refractivity (Wildman–Crippen MR) is 123 cm³/mol. The molecule has 0 atom stereocenters. The molecule has 2 aromatic carbocycles. The minimum absolute atomic E-state index is 0.340. The smallest absolute Gasteiger partial charge is 0.243 e. The van der Waals surface area contributed by atoms with Crippen molar-refractivity contribution < 1.29 is 13.2 Å². The van der Waals surface area contributed by atoms with Gasteiger partial charge in [-0.25, -0.2) is 8.42 Å². The number of aryl methyl sites for hydroxylation is 3. The molecule has 0 spiro atoms. The SMILES string of the molecule is Cn1nc(COCc2ccccc2)c2c1CCN(S(=O)(=O)c1ccc3c(c1)CCCC3)C2. The van der Waals surface area contributed by atoms with Gasteiger partial charge in [0.05, 0.1) is 23.8 Å². The van der Waals surface area contributed by atoms with E-state index >= 15 is 0 Å². The molecule has 1 aliphatic heterocycles. The molecular formula is C25H29N3O3S. The Hall–Kier alpha value is -2.48. The zero-order chi connectivity index (χ0) is 22.1. The Kier molecular flexibility index (Phi) is 5.88. The molecule has 5 rings (SSSR count). The molecule has 0 unspecified atom stereocenters. The molecule has 168 valence electrons. The third kappa shape index (κ3) is 4.12. The first-order chi connectivity index (χ1) is 15.5. The Bertz CT molecular complexity index is 1220. The fraction of sp³-hybridized carbons (Fsp3) is 0.400. The van der Waals surface area contributed by atoms with Gasteiger partial charge >= 0.3 is 0 Å². The van der Waals surface area contributed by atoms with E-state index in [2.05, 4.69) is 5.10 Å². The zero-order valence-electron chi connectivity index (χ0n) is 18.5. The maximum absolute atomic E-state index is 13.5. The van der Waals surface area contributed by atoms with Crippen LogP contribution in [-0.2, 0) is 60.8 Å². The van der Waals surface area contributed by atoms with E-state index < -0.39 is 10.0 Å². The molecule has 0 amide bonds. The summed E-state index contributed by atoms with van der Waals surface area (Å²) in [5.41, 5.74) is 6.49. The highest BCUT2D eigenvalue weighted by Gasteiger charge is 2.32. The van der Waals surface area contributed by atoms with E-state index in [9.17, 15) is 8.42 Å². The van der Waals surface area contributed by atoms with Crippen LogP contribution in [0.4, 0.5) is 0 Å². The number of ether oxygens (including phenoxy) is 1. The minimum atomic E-state index is -3.55. The van der Waals surface area contributed by atoms with Gasteiger partial charge in [-0.05, 0) is 54.5 Å². The molecule has 2 aliphatic rings. The number of benzene rings is 2. The van der Waals surface area contributed by atoms with Gasteiger partial charge in [0.15, 0.2) is 0 Å². The van der Waals surface area contributed by atoms with Crippen LogP contribution in [0.15, 0.2) is 53.4 Å². The van der Waals surface area contributed by atoms with E-state index in [1.54, 1.807) is 10.4 Å². The zero-order valence-corrected chi connectivity index (χ0v) is 19.3. The Balaban J connectivity index is 1.34. The average Bonchev–Trinajstić information content (AvgIpc) is 3.14. The predicted octanol–water partition coefficient (Wildman–Crippen LogP) is 3.76. The molecule has 3 aromatic rings. The van der Waals surface area contributed by atoms with Gasteiger partial charge in [0.25, 0.3) is 0 Å². The maximum Gasteiger partial charge on any atom is 0.243 e. The van der Waals surface area contributed by atoms with E-state index in [4.69, 9.17) is 4.74 Å². The molecule has 0 saturated heterocycles. The topological polar surface area (TPSA) is 64.4 Å². The number of nitrogens with zero attached hydrogens (tertiary/aromatic N) is 3. The summed E-state index contributed by atoms with van der Waals surface area (Å²) in [6, 6.07) is 15.7. The summed E-state index contributed by atoms with van der Waals surface area (Å²) < 4.78 is 36.3. The Labute approximate surface area is 189 Å². The number of rotatable bonds is 6. The fourth-order valence-corrected chi connectivity index (χ4v) is 6.29. The highest BCUT2D eigenvalue weighted by molar-refractivity contribution is 7.89. The van der Waals surface area contributed by atoms with Crippen molar-refractivity contribution in [3.63, 3.8) is 0 Å². The van der Waals surface area contributed by atoms with Crippen molar-refractivity contribution in [1.82, 2.24) is 14.1 Å². The highest BCUT2D eigenvalue weighted by atomic mass is 32.2. The number of hydrogen-bond donors (Lipinski definition) is 0. The minimum Gasteiger partial charge on any atom is -0.370 e. The molecule has 1 aromatic heterocycles. The van der Waals surface area contributed by atoms with Gasteiger partial charge in [0, 0.05) is 37.8 Å². The average molecular weight is 452 g/mol. The molecule has 0 radical (unpaired) electrons. The van der Waals surface area contributed by atoms with Gasteiger partial charge in [0.2, 0.25) is 10.0 Å². The highest BCUT2D eigenvalue weighted by Crippen LogP contribution is 2.30. The van der Waals surface area contributed by atoms with Crippen LogP contribution in [-0.4, -0.2) is 29.0 Å². The lowest BCUT2D eigenvalue weighted by Gasteiger charge is -2.27. The van der Waals surface area contributed by atoms with Crippen LogP contribution in [0.1, 0.15) is 46.5 Å². The molecule has 0 bridgehead atoms. The lowest BCUT2D eigenvalue weighted by atomic mass is 9.92. The van der Waals surface area contributed by atoms with Crippen LogP contribution in [0.5, 0.6) is 0 Å².